The van der Waals surface area contributed by atoms with Crippen molar-refractivity contribution in [3.8, 4) is 0 Å². The molecule has 0 aliphatic carbocycles. The summed E-state index contributed by atoms with van der Waals surface area (Å²) in [7, 11) is -2.78. The average Bonchev–Trinajstić information content (AvgIpc) is 2.46. The lowest BCUT2D eigenvalue weighted by molar-refractivity contribution is 0.0799. The van der Waals surface area contributed by atoms with E-state index in [0.717, 1.165) is 22.5 Å². The van der Waals surface area contributed by atoms with Gasteiger partial charge in [-0.05, 0) is 50.4 Å². The third-order valence-electron chi connectivity index (χ3n) is 3.09. The van der Waals surface area contributed by atoms with Gasteiger partial charge in [-0.15, -0.1) is 0 Å². The molecule has 0 aliphatic rings. The summed E-state index contributed by atoms with van der Waals surface area (Å²) in [6, 6.07) is 8.22. The minimum atomic E-state index is -2.78. The van der Waals surface area contributed by atoms with E-state index < -0.39 is 8.80 Å². The first kappa shape index (κ1) is 18.6. The van der Waals surface area contributed by atoms with Crippen molar-refractivity contribution in [1.29, 1.82) is 0 Å². The molecular weight excluding hydrogens is 348 g/mol. The minimum absolute atomic E-state index is 0.570. The zero-order chi connectivity index (χ0) is 15.7. The van der Waals surface area contributed by atoms with Crippen LogP contribution in [-0.2, 0) is 19.7 Å². The summed E-state index contributed by atoms with van der Waals surface area (Å²) in [5, 5.41) is 0.948. The molecule has 0 spiro atoms. The van der Waals surface area contributed by atoms with Crippen LogP contribution >= 0.6 is 15.9 Å². The fraction of sp³-hybridized carbons (Fsp3) is 0.500. The maximum atomic E-state index is 5.87. The number of rotatable bonds is 10. The van der Waals surface area contributed by atoms with Gasteiger partial charge in [-0.25, -0.2) is 0 Å². The van der Waals surface area contributed by atoms with E-state index in [1.54, 1.807) is 0 Å². The molecule has 0 saturated carbocycles. The molecule has 0 bridgehead atoms. The Labute approximate surface area is 137 Å². The molecule has 0 aromatic heterocycles. The molecule has 0 amide bonds. The Bertz CT molecular complexity index is 434. The second kappa shape index (κ2) is 9.53. The van der Waals surface area contributed by atoms with Gasteiger partial charge in [0.25, 0.3) is 0 Å². The van der Waals surface area contributed by atoms with Crippen molar-refractivity contribution in [2.45, 2.75) is 33.6 Å². The fourth-order valence-electron chi connectivity index (χ4n) is 2.14. The highest BCUT2D eigenvalue weighted by Crippen LogP contribution is 2.25. The van der Waals surface area contributed by atoms with Gasteiger partial charge in [0.1, 0.15) is 0 Å². The summed E-state index contributed by atoms with van der Waals surface area (Å²) in [6.45, 7) is 11.8. The number of hydrogen-bond donors (Lipinski definition) is 0. The minimum Gasteiger partial charge on any atom is -0.371 e. The van der Waals surface area contributed by atoms with Crippen LogP contribution in [0.2, 0.25) is 0 Å². The van der Waals surface area contributed by atoms with Crippen LogP contribution < -0.4 is 0 Å². The first-order valence-electron chi connectivity index (χ1n) is 7.43. The third kappa shape index (κ3) is 5.34. The molecule has 0 unspecified atom stereocenters. The third-order valence-corrected chi connectivity index (χ3v) is 6.99. The molecule has 5 heteroatoms. The topological polar surface area (TPSA) is 27.7 Å². The van der Waals surface area contributed by atoms with E-state index >= 15 is 0 Å². The van der Waals surface area contributed by atoms with Crippen molar-refractivity contribution in [3.63, 3.8) is 0 Å². The van der Waals surface area contributed by atoms with Crippen LogP contribution in [0, 0.1) is 0 Å². The van der Waals surface area contributed by atoms with Crippen molar-refractivity contribution < 1.29 is 13.3 Å². The molecular formula is C16H25BrO3Si. The summed E-state index contributed by atoms with van der Waals surface area (Å²) < 4.78 is 18.7. The van der Waals surface area contributed by atoms with Gasteiger partial charge in [0.2, 0.25) is 0 Å². The number of aryl methyl sites for hydroxylation is 1. The smallest absolute Gasteiger partial charge is 0.371 e. The molecule has 3 nitrogen and oxygen atoms in total. The van der Waals surface area contributed by atoms with Crippen molar-refractivity contribution in [3.05, 3.63) is 46.1 Å². The lowest BCUT2D eigenvalue weighted by Gasteiger charge is -2.30. The maximum absolute atomic E-state index is 5.87. The van der Waals surface area contributed by atoms with Gasteiger partial charge in [-0.3, -0.25) is 0 Å². The molecule has 0 heterocycles. The SMILES string of the molecule is C=C(CCc1ccccc1Br)[Si](OCC)(OCC)OCC. The van der Waals surface area contributed by atoms with E-state index in [0.29, 0.717) is 19.8 Å². The van der Waals surface area contributed by atoms with Crippen molar-refractivity contribution in [2.75, 3.05) is 19.8 Å². The lowest BCUT2D eigenvalue weighted by atomic mass is 10.1. The summed E-state index contributed by atoms with van der Waals surface area (Å²) in [5.41, 5.74) is 1.26. The number of allylic oxidation sites excluding steroid dienone is 1. The van der Waals surface area contributed by atoms with Crippen LogP contribution in [0.3, 0.4) is 0 Å². The monoisotopic (exact) mass is 372 g/mol. The quantitative estimate of drug-likeness (QED) is 0.564. The highest BCUT2D eigenvalue weighted by atomic mass is 79.9. The van der Waals surface area contributed by atoms with Crippen LogP contribution in [0.25, 0.3) is 0 Å². The van der Waals surface area contributed by atoms with E-state index in [1.807, 2.05) is 32.9 Å². The Hall–Kier alpha value is -0.463. The molecule has 1 rings (SSSR count). The largest absolute Gasteiger partial charge is 0.532 e. The molecule has 21 heavy (non-hydrogen) atoms. The lowest BCUT2D eigenvalue weighted by Crippen LogP contribution is -2.48. The first-order chi connectivity index (χ1) is 10.1. The molecule has 0 fully saturated rings. The first-order valence-corrected chi connectivity index (χ1v) is 9.94. The Balaban J connectivity index is 2.78. The number of benzene rings is 1. The summed E-state index contributed by atoms with van der Waals surface area (Å²) >= 11 is 3.58. The van der Waals surface area contributed by atoms with Crippen molar-refractivity contribution >= 4 is 24.7 Å². The van der Waals surface area contributed by atoms with Gasteiger partial charge in [-0.1, -0.05) is 40.7 Å². The van der Waals surface area contributed by atoms with E-state index in [9.17, 15) is 0 Å². The Morgan fingerprint density at radius 2 is 1.57 bits per heavy atom. The molecule has 118 valence electrons. The van der Waals surface area contributed by atoms with Crippen LogP contribution in [0.15, 0.2) is 40.5 Å². The van der Waals surface area contributed by atoms with Gasteiger partial charge in [0.15, 0.2) is 0 Å². The van der Waals surface area contributed by atoms with Gasteiger partial charge in [-0.2, -0.15) is 0 Å². The molecule has 0 atom stereocenters. The molecule has 0 N–H and O–H groups in total. The fourth-order valence-corrected chi connectivity index (χ4v) is 5.06. The Kier molecular flexibility index (Phi) is 8.44. The normalized spacial score (nSPS) is 11.6. The molecule has 1 aromatic rings. The molecule has 0 radical (unpaired) electrons. The van der Waals surface area contributed by atoms with E-state index in [1.165, 1.54) is 5.56 Å². The average molecular weight is 373 g/mol. The van der Waals surface area contributed by atoms with E-state index in [2.05, 4.69) is 34.6 Å². The zero-order valence-corrected chi connectivity index (χ0v) is 15.7. The molecule has 0 saturated heterocycles. The molecule has 0 aliphatic heterocycles. The number of hydrogen-bond acceptors (Lipinski definition) is 3. The summed E-state index contributed by atoms with van der Waals surface area (Å²) in [6.07, 6.45) is 1.69. The van der Waals surface area contributed by atoms with Gasteiger partial charge in [0, 0.05) is 24.3 Å². The maximum Gasteiger partial charge on any atom is 0.532 e. The molecule has 1 aromatic carbocycles. The Morgan fingerprint density at radius 3 is 2.05 bits per heavy atom. The van der Waals surface area contributed by atoms with Crippen molar-refractivity contribution in [1.82, 2.24) is 0 Å². The summed E-state index contributed by atoms with van der Waals surface area (Å²) in [4.78, 5) is 0. The van der Waals surface area contributed by atoms with E-state index in [4.69, 9.17) is 13.3 Å². The summed E-state index contributed by atoms with van der Waals surface area (Å²) in [5.74, 6) is 0. The zero-order valence-electron chi connectivity index (χ0n) is 13.2. The number of halogens is 1. The second-order valence-electron chi connectivity index (χ2n) is 4.55. The van der Waals surface area contributed by atoms with Crippen LogP contribution in [0.4, 0.5) is 0 Å². The van der Waals surface area contributed by atoms with Crippen LogP contribution in [-0.4, -0.2) is 28.6 Å². The predicted molar refractivity (Wildman–Crippen MR) is 92.2 cm³/mol. The van der Waals surface area contributed by atoms with E-state index in [-0.39, 0.29) is 0 Å². The second-order valence-corrected chi connectivity index (χ2v) is 8.09. The van der Waals surface area contributed by atoms with Crippen molar-refractivity contribution in [2.24, 2.45) is 0 Å². The highest BCUT2D eigenvalue weighted by Gasteiger charge is 2.43. The Morgan fingerprint density at radius 1 is 1.05 bits per heavy atom. The predicted octanol–water partition coefficient (Wildman–Crippen LogP) is 4.53. The highest BCUT2D eigenvalue weighted by molar-refractivity contribution is 9.10. The van der Waals surface area contributed by atoms with Gasteiger partial charge < -0.3 is 13.3 Å². The van der Waals surface area contributed by atoms with Crippen LogP contribution in [0.1, 0.15) is 32.8 Å². The van der Waals surface area contributed by atoms with Gasteiger partial charge >= 0.3 is 8.80 Å². The van der Waals surface area contributed by atoms with Crippen LogP contribution in [0.5, 0.6) is 0 Å². The standard InChI is InChI=1S/C16H25BrO3Si/c1-5-18-21(19-6-2,20-7-3)14(4)12-13-15-10-8-9-11-16(15)17/h8-11H,4-7,12-13H2,1-3H3. The van der Waals surface area contributed by atoms with Gasteiger partial charge in [0.05, 0.1) is 0 Å².